The number of quaternary nitrogens is 1. The zero-order valence-corrected chi connectivity index (χ0v) is 18.1. The van der Waals surface area contributed by atoms with Crippen LogP contribution in [0.2, 0.25) is 0 Å². The molecule has 1 aromatic rings. The van der Waals surface area contributed by atoms with Crippen LogP contribution in [0.1, 0.15) is 70.8 Å². The largest absolute Gasteiger partial charge is 0.743 e. The quantitative estimate of drug-likeness (QED) is 0.395. The summed E-state index contributed by atoms with van der Waals surface area (Å²) in [5.41, 5.74) is 0.0208. The van der Waals surface area contributed by atoms with Gasteiger partial charge < -0.3 is 14.6 Å². The Balaban J connectivity index is 2.89. The van der Waals surface area contributed by atoms with Crippen molar-refractivity contribution in [3.8, 4) is 0 Å². The van der Waals surface area contributed by atoms with Crippen molar-refractivity contribution < 1.29 is 23.0 Å². The summed E-state index contributed by atoms with van der Waals surface area (Å²) in [6.07, 6.45) is 6.14. The average Bonchev–Trinajstić information content (AvgIpc) is 2.60. The molecule has 27 heavy (non-hydrogen) atoms. The van der Waals surface area contributed by atoms with Gasteiger partial charge in [-0.05, 0) is 43.6 Å². The molecule has 5 nitrogen and oxygen atoms in total. The van der Waals surface area contributed by atoms with E-state index in [0.717, 1.165) is 31.2 Å². The lowest BCUT2D eigenvalue weighted by atomic mass is 9.73. The summed E-state index contributed by atoms with van der Waals surface area (Å²) < 4.78 is 34.3. The Labute approximate surface area is 165 Å². The fraction of sp³-hybridized carbons (Fsp3) is 0.714. The highest BCUT2D eigenvalue weighted by Crippen LogP contribution is 2.40. The van der Waals surface area contributed by atoms with E-state index in [4.69, 9.17) is 0 Å². The van der Waals surface area contributed by atoms with Crippen LogP contribution in [0, 0.1) is 5.92 Å². The van der Waals surface area contributed by atoms with Gasteiger partial charge in [0, 0.05) is 6.42 Å². The second kappa shape index (κ2) is 11.1. The summed E-state index contributed by atoms with van der Waals surface area (Å²) in [5.74, 6) is 0.174. The zero-order chi connectivity index (χ0) is 20.5. The predicted octanol–water partition coefficient (Wildman–Crippen LogP) is 2.67. The van der Waals surface area contributed by atoms with Crippen LogP contribution in [0.4, 0.5) is 0 Å². The van der Waals surface area contributed by atoms with Crippen LogP contribution in [0.15, 0.2) is 30.3 Å². The van der Waals surface area contributed by atoms with Gasteiger partial charge in [0.1, 0.15) is 10.1 Å². The molecule has 0 aliphatic rings. The average molecular weight is 400 g/mol. The predicted molar refractivity (Wildman–Crippen MR) is 108 cm³/mol. The summed E-state index contributed by atoms with van der Waals surface area (Å²) in [6, 6.07) is 9.80. The normalized spacial score (nSPS) is 15.9. The molecule has 0 saturated carbocycles. The van der Waals surface area contributed by atoms with Crippen molar-refractivity contribution in [3.63, 3.8) is 0 Å². The van der Waals surface area contributed by atoms with E-state index >= 15 is 0 Å². The Morgan fingerprint density at radius 3 is 2.04 bits per heavy atom. The first-order valence-electron chi connectivity index (χ1n) is 10.2. The zero-order valence-electron chi connectivity index (χ0n) is 17.3. The highest BCUT2D eigenvalue weighted by atomic mass is 32.2. The maximum atomic E-state index is 11.7. The standard InChI is InChI=1S/C21H37NO4S/c1-5-12-18(13-6-2)21(23,19-14-8-7-9-15-19)17-11-10-16-20(22(3)4)27(24,25)26/h7-9,14-15,18,20,23H,5-6,10-13,16-17H2,1-4H3,(H,24,25,26). The minimum Gasteiger partial charge on any atom is -0.743 e. The molecule has 0 aromatic heterocycles. The molecule has 0 amide bonds. The van der Waals surface area contributed by atoms with Crippen molar-refractivity contribution in [1.29, 1.82) is 0 Å². The molecule has 0 aliphatic carbocycles. The molecule has 1 rings (SSSR count). The molecule has 2 N–H and O–H groups in total. The first-order valence-corrected chi connectivity index (χ1v) is 11.7. The molecule has 0 aliphatic heterocycles. The van der Waals surface area contributed by atoms with Crippen LogP contribution in [0.5, 0.6) is 0 Å². The highest BCUT2D eigenvalue weighted by molar-refractivity contribution is 7.86. The van der Waals surface area contributed by atoms with Crippen molar-refractivity contribution in [2.45, 2.75) is 76.2 Å². The Kier molecular flexibility index (Phi) is 9.95. The van der Waals surface area contributed by atoms with E-state index in [0.29, 0.717) is 30.6 Å². The first-order chi connectivity index (χ1) is 12.7. The van der Waals surface area contributed by atoms with E-state index in [9.17, 15) is 18.1 Å². The molecule has 0 heterocycles. The van der Waals surface area contributed by atoms with Gasteiger partial charge in [0.15, 0.2) is 5.37 Å². The topological polar surface area (TPSA) is 81.9 Å². The van der Waals surface area contributed by atoms with Gasteiger partial charge in [0.05, 0.1) is 19.7 Å². The van der Waals surface area contributed by atoms with Gasteiger partial charge in [-0.15, -0.1) is 0 Å². The molecule has 0 fully saturated rings. The van der Waals surface area contributed by atoms with E-state index in [2.05, 4.69) is 13.8 Å². The Morgan fingerprint density at radius 1 is 1.04 bits per heavy atom. The molecular weight excluding hydrogens is 362 g/mol. The summed E-state index contributed by atoms with van der Waals surface area (Å²) in [7, 11) is -0.929. The minimum atomic E-state index is -4.32. The lowest BCUT2D eigenvalue weighted by Gasteiger charge is -2.37. The van der Waals surface area contributed by atoms with Crippen LogP contribution < -0.4 is 4.90 Å². The van der Waals surface area contributed by atoms with E-state index in [1.807, 2.05) is 30.3 Å². The monoisotopic (exact) mass is 399 g/mol. The fourth-order valence-corrected chi connectivity index (χ4v) is 5.11. The molecule has 0 spiro atoms. The van der Waals surface area contributed by atoms with E-state index in [1.54, 1.807) is 14.1 Å². The lowest BCUT2D eigenvalue weighted by molar-refractivity contribution is -0.871. The molecule has 0 bridgehead atoms. The number of nitrogens with one attached hydrogen (secondary N) is 1. The van der Waals surface area contributed by atoms with Gasteiger partial charge in [0.2, 0.25) is 0 Å². The third-order valence-electron chi connectivity index (χ3n) is 5.49. The van der Waals surface area contributed by atoms with Gasteiger partial charge in [0.25, 0.3) is 0 Å². The van der Waals surface area contributed by atoms with Crippen molar-refractivity contribution in [1.82, 2.24) is 0 Å². The van der Waals surface area contributed by atoms with Crippen LogP contribution in [-0.2, 0) is 15.7 Å². The number of hydrogen-bond acceptors (Lipinski definition) is 4. The Bertz CT molecular complexity index is 627. The van der Waals surface area contributed by atoms with E-state index < -0.39 is 21.1 Å². The summed E-state index contributed by atoms with van der Waals surface area (Å²) >= 11 is 0. The molecule has 2 unspecified atom stereocenters. The summed E-state index contributed by atoms with van der Waals surface area (Å²) in [5, 5.41) is 10.7. The van der Waals surface area contributed by atoms with Crippen LogP contribution in [0.25, 0.3) is 0 Å². The lowest BCUT2D eigenvalue weighted by Crippen LogP contribution is -3.11. The maximum absolute atomic E-state index is 11.7. The number of aliphatic hydroxyl groups is 1. The van der Waals surface area contributed by atoms with Crippen molar-refractivity contribution >= 4 is 10.1 Å². The van der Waals surface area contributed by atoms with Crippen molar-refractivity contribution in [2.24, 2.45) is 5.92 Å². The molecule has 156 valence electrons. The number of hydrogen-bond donors (Lipinski definition) is 2. The van der Waals surface area contributed by atoms with Crippen molar-refractivity contribution in [2.75, 3.05) is 14.1 Å². The molecule has 0 saturated heterocycles. The smallest absolute Gasteiger partial charge is 0.177 e. The molecular formula is C21H37NO4S. The van der Waals surface area contributed by atoms with Crippen LogP contribution in [0.3, 0.4) is 0 Å². The third kappa shape index (κ3) is 7.18. The second-order valence-electron chi connectivity index (χ2n) is 7.87. The third-order valence-corrected chi connectivity index (χ3v) is 6.89. The van der Waals surface area contributed by atoms with Gasteiger partial charge in [-0.25, -0.2) is 8.42 Å². The molecule has 1 aromatic carbocycles. The molecule has 6 heteroatoms. The van der Waals surface area contributed by atoms with Gasteiger partial charge in [-0.1, -0.05) is 57.0 Å². The Hall–Kier alpha value is -0.950. The molecule has 2 atom stereocenters. The van der Waals surface area contributed by atoms with Crippen LogP contribution in [-0.4, -0.2) is 37.5 Å². The SMILES string of the molecule is CCCC(CCC)C(O)(CCCCC([NH+](C)C)S(=O)(=O)[O-])c1ccccc1. The first kappa shape index (κ1) is 24.1. The van der Waals surface area contributed by atoms with Crippen molar-refractivity contribution in [3.05, 3.63) is 35.9 Å². The van der Waals surface area contributed by atoms with Gasteiger partial charge >= 0.3 is 0 Å². The van der Waals surface area contributed by atoms with Gasteiger partial charge in [-0.2, -0.15) is 0 Å². The molecule has 0 radical (unpaired) electrons. The number of unbranched alkanes of at least 4 members (excludes halogenated alkanes) is 1. The Morgan fingerprint density at radius 2 is 1.59 bits per heavy atom. The van der Waals surface area contributed by atoms with E-state index in [1.165, 1.54) is 0 Å². The van der Waals surface area contributed by atoms with Crippen LogP contribution >= 0.6 is 0 Å². The summed E-state index contributed by atoms with van der Waals surface area (Å²) in [6.45, 7) is 4.27. The summed E-state index contributed by atoms with van der Waals surface area (Å²) in [4.78, 5) is 0.637. The minimum absolute atomic E-state index is 0.174. The maximum Gasteiger partial charge on any atom is 0.177 e. The highest BCUT2D eigenvalue weighted by Gasteiger charge is 2.36. The number of benzene rings is 1. The second-order valence-corrected chi connectivity index (χ2v) is 9.42. The van der Waals surface area contributed by atoms with E-state index in [-0.39, 0.29) is 5.92 Å². The number of rotatable bonds is 13. The van der Waals surface area contributed by atoms with Gasteiger partial charge in [-0.3, -0.25) is 0 Å². The fourth-order valence-electron chi connectivity index (χ4n) is 4.08.